The average molecular weight is 356 g/mol. The number of benzene rings is 3. The van der Waals surface area contributed by atoms with Gasteiger partial charge in [-0.15, -0.1) is 0 Å². The van der Waals surface area contributed by atoms with Gasteiger partial charge in [-0.2, -0.15) is 0 Å². The molecule has 4 aromatic rings. The number of aromatic nitrogens is 2. The second-order valence-electron chi connectivity index (χ2n) is 5.98. The summed E-state index contributed by atoms with van der Waals surface area (Å²) in [5, 5.41) is 0.505. The molecule has 0 bridgehead atoms. The van der Waals surface area contributed by atoms with Crippen molar-refractivity contribution in [1.29, 1.82) is 0 Å². The van der Waals surface area contributed by atoms with Gasteiger partial charge in [-0.25, -0.2) is 10.8 Å². The van der Waals surface area contributed by atoms with Crippen LogP contribution < -0.4 is 16.8 Å². The predicted molar refractivity (Wildman–Crippen MR) is 104 cm³/mol. The van der Waals surface area contributed by atoms with E-state index in [9.17, 15) is 9.59 Å². The van der Waals surface area contributed by atoms with Gasteiger partial charge in [0.2, 0.25) is 0 Å². The van der Waals surface area contributed by atoms with E-state index in [1.807, 2.05) is 42.5 Å². The molecule has 0 unspecified atom stereocenters. The molecule has 6 heteroatoms. The normalized spacial score (nSPS) is 10.7. The summed E-state index contributed by atoms with van der Waals surface area (Å²) in [6.45, 7) is 0. The Labute approximate surface area is 154 Å². The largest absolute Gasteiger partial charge is 0.290 e. The van der Waals surface area contributed by atoms with Crippen molar-refractivity contribution in [2.75, 3.05) is 0 Å². The molecule has 0 aliphatic heterocycles. The molecule has 0 radical (unpaired) electrons. The van der Waals surface area contributed by atoms with E-state index in [1.54, 1.807) is 36.4 Å². The summed E-state index contributed by atoms with van der Waals surface area (Å²) < 4.78 is 1.52. The lowest BCUT2D eigenvalue weighted by Crippen LogP contribution is -2.30. The fraction of sp³-hybridized carbons (Fsp3) is 0. The number of amides is 1. The minimum absolute atomic E-state index is 0.204. The highest BCUT2D eigenvalue weighted by molar-refractivity contribution is 5.94. The van der Waals surface area contributed by atoms with Crippen molar-refractivity contribution in [2.24, 2.45) is 5.84 Å². The standard InChI is InChI=1S/C21H16N4O2/c22-24-20(26)15-9-6-10-16(13-15)25-19(14-7-2-1-3-8-14)23-18-12-5-4-11-17(18)21(25)27/h1-13H,22H2,(H,24,26). The van der Waals surface area contributed by atoms with Crippen molar-refractivity contribution in [2.45, 2.75) is 0 Å². The number of nitrogens with two attached hydrogens (primary N) is 1. The minimum Gasteiger partial charge on any atom is -0.290 e. The van der Waals surface area contributed by atoms with E-state index in [4.69, 9.17) is 10.8 Å². The monoisotopic (exact) mass is 356 g/mol. The summed E-state index contributed by atoms with van der Waals surface area (Å²) in [5.41, 5.74) is 4.22. The van der Waals surface area contributed by atoms with Crippen LogP contribution in [0, 0.1) is 0 Å². The zero-order valence-corrected chi connectivity index (χ0v) is 14.3. The average Bonchev–Trinajstić information content (AvgIpc) is 2.74. The molecule has 1 heterocycles. The number of nitrogens with zero attached hydrogens (tertiary/aromatic N) is 2. The van der Waals surface area contributed by atoms with Gasteiger partial charge in [-0.1, -0.05) is 48.5 Å². The fourth-order valence-electron chi connectivity index (χ4n) is 3.02. The third kappa shape index (κ3) is 2.98. The quantitative estimate of drug-likeness (QED) is 0.335. The minimum atomic E-state index is -0.431. The van der Waals surface area contributed by atoms with Crippen molar-refractivity contribution in [1.82, 2.24) is 15.0 Å². The van der Waals surface area contributed by atoms with Gasteiger partial charge in [0.25, 0.3) is 11.5 Å². The van der Waals surface area contributed by atoms with Crippen LogP contribution in [0.5, 0.6) is 0 Å². The van der Waals surface area contributed by atoms with E-state index in [1.165, 1.54) is 4.57 Å². The van der Waals surface area contributed by atoms with Crippen LogP contribution in [0.4, 0.5) is 0 Å². The maximum atomic E-state index is 13.3. The summed E-state index contributed by atoms with van der Waals surface area (Å²) in [6.07, 6.45) is 0. The van der Waals surface area contributed by atoms with Crippen LogP contribution in [0.15, 0.2) is 83.7 Å². The predicted octanol–water partition coefficient (Wildman–Crippen LogP) is 2.66. The van der Waals surface area contributed by atoms with Gasteiger partial charge >= 0.3 is 0 Å². The Hall–Kier alpha value is -3.77. The molecule has 1 amide bonds. The first-order valence-corrected chi connectivity index (χ1v) is 8.37. The van der Waals surface area contributed by atoms with Crippen molar-refractivity contribution in [3.05, 3.63) is 94.8 Å². The van der Waals surface area contributed by atoms with Gasteiger partial charge in [0, 0.05) is 11.1 Å². The van der Waals surface area contributed by atoms with Crippen molar-refractivity contribution < 1.29 is 4.79 Å². The summed E-state index contributed by atoms with van der Waals surface area (Å²) in [4.78, 5) is 29.9. The van der Waals surface area contributed by atoms with Crippen LogP contribution >= 0.6 is 0 Å². The van der Waals surface area contributed by atoms with E-state index < -0.39 is 5.91 Å². The van der Waals surface area contributed by atoms with Crippen molar-refractivity contribution >= 4 is 16.8 Å². The molecule has 27 heavy (non-hydrogen) atoms. The first-order chi connectivity index (χ1) is 13.2. The molecule has 0 fully saturated rings. The summed E-state index contributed by atoms with van der Waals surface area (Å²) in [5.74, 6) is 5.31. The van der Waals surface area contributed by atoms with E-state index in [2.05, 4.69) is 5.43 Å². The van der Waals surface area contributed by atoms with Gasteiger partial charge in [0.15, 0.2) is 0 Å². The summed E-state index contributed by atoms with van der Waals surface area (Å²) in [7, 11) is 0. The molecule has 1 aromatic heterocycles. The van der Waals surface area contributed by atoms with Crippen LogP contribution in [0.2, 0.25) is 0 Å². The summed E-state index contributed by atoms with van der Waals surface area (Å²) >= 11 is 0. The zero-order chi connectivity index (χ0) is 18.8. The lowest BCUT2D eigenvalue weighted by molar-refractivity contribution is 0.0953. The Morgan fingerprint density at radius 3 is 2.44 bits per heavy atom. The number of fused-ring (bicyclic) bond motifs is 1. The number of para-hydroxylation sites is 1. The van der Waals surface area contributed by atoms with Crippen LogP contribution in [-0.2, 0) is 0 Å². The Kier molecular flexibility index (Phi) is 4.24. The van der Waals surface area contributed by atoms with E-state index >= 15 is 0 Å². The molecule has 0 saturated carbocycles. The van der Waals surface area contributed by atoms with E-state index in [-0.39, 0.29) is 5.56 Å². The molecular formula is C21H16N4O2. The first-order valence-electron chi connectivity index (χ1n) is 8.37. The molecule has 132 valence electrons. The number of rotatable bonds is 3. The molecule has 0 aliphatic rings. The number of hydrogen-bond acceptors (Lipinski definition) is 4. The van der Waals surface area contributed by atoms with Gasteiger partial charge < -0.3 is 0 Å². The molecule has 6 nitrogen and oxygen atoms in total. The lowest BCUT2D eigenvalue weighted by Gasteiger charge is -2.14. The van der Waals surface area contributed by atoms with Crippen LogP contribution in [-0.4, -0.2) is 15.5 Å². The maximum Gasteiger partial charge on any atom is 0.266 e. The van der Waals surface area contributed by atoms with Crippen LogP contribution in [0.3, 0.4) is 0 Å². The number of hydrogen-bond donors (Lipinski definition) is 2. The third-order valence-electron chi connectivity index (χ3n) is 4.31. The maximum absolute atomic E-state index is 13.3. The van der Waals surface area contributed by atoms with Crippen molar-refractivity contribution in [3.63, 3.8) is 0 Å². The summed E-state index contributed by atoms with van der Waals surface area (Å²) in [6, 6.07) is 23.4. The number of nitrogens with one attached hydrogen (secondary N) is 1. The lowest BCUT2D eigenvalue weighted by atomic mass is 10.1. The topological polar surface area (TPSA) is 90.0 Å². The number of nitrogen functional groups attached to an aromatic ring is 1. The van der Waals surface area contributed by atoms with E-state index in [0.29, 0.717) is 28.0 Å². The number of carbonyl (C=O) groups excluding carboxylic acids is 1. The number of carbonyl (C=O) groups is 1. The third-order valence-corrected chi connectivity index (χ3v) is 4.31. The van der Waals surface area contributed by atoms with Gasteiger partial charge in [-0.3, -0.25) is 19.6 Å². The molecular weight excluding hydrogens is 340 g/mol. The highest BCUT2D eigenvalue weighted by atomic mass is 16.2. The number of hydrazine groups is 1. The van der Waals surface area contributed by atoms with E-state index in [0.717, 1.165) is 5.56 Å². The Bertz CT molecular complexity index is 1200. The molecule has 3 aromatic carbocycles. The Balaban J connectivity index is 2.06. The first kappa shape index (κ1) is 16.7. The van der Waals surface area contributed by atoms with Crippen LogP contribution in [0.1, 0.15) is 10.4 Å². The van der Waals surface area contributed by atoms with Gasteiger partial charge in [0.1, 0.15) is 5.82 Å². The fourth-order valence-corrected chi connectivity index (χ4v) is 3.02. The van der Waals surface area contributed by atoms with Gasteiger partial charge in [0.05, 0.1) is 16.6 Å². The smallest absolute Gasteiger partial charge is 0.266 e. The van der Waals surface area contributed by atoms with Crippen molar-refractivity contribution in [3.8, 4) is 17.1 Å². The molecule has 0 aliphatic carbocycles. The Morgan fingerprint density at radius 2 is 1.67 bits per heavy atom. The SMILES string of the molecule is NNC(=O)c1cccc(-n2c(-c3ccccc3)nc3ccccc3c2=O)c1. The molecule has 0 saturated heterocycles. The highest BCUT2D eigenvalue weighted by Gasteiger charge is 2.15. The Morgan fingerprint density at radius 1 is 0.926 bits per heavy atom. The highest BCUT2D eigenvalue weighted by Crippen LogP contribution is 2.22. The zero-order valence-electron chi connectivity index (χ0n) is 14.3. The second-order valence-corrected chi connectivity index (χ2v) is 5.98. The molecule has 3 N–H and O–H groups in total. The van der Waals surface area contributed by atoms with Gasteiger partial charge in [-0.05, 0) is 30.3 Å². The second kappa shape index (κ2) is 6.86. The molecule has 0 atom stereocenters. The molecule has 0 spiro atoms. The molecule has 4 rings (SSSR count). The van der Waals surface area contributed by atoms with Crippen LogP contribution in [0.25, 0.3) is 28.0 Å².